The highest BCUT2D eigenvalue weighted by molar-refractivity contribution is 6.01. The Bertz CT molecular complexity index is 393. The summed E-state index contributed by atoms with van der Waals surface area (Å²) in [6.07, 6.45) is 2.01. The first-order chi connectivity index (χ1) is 8.19. The zero-order chi connectivity index (χ0) is 12.7. The molecule has 1 rings (SSSR count). The van der Waals surface area contributed by atoms with Crippen LogP contribution in [0.1, 0.15) is 19.0 Å². The summed E-state index contributed by atoms with van der Waals surface area (Å²) < 4.78 is 0. The van der Waals surface area contributed by atoms with E-state index < -0.39 is 5.92 Å². The number of hydrogen-bond acceptors (Lipinski definition) is 5. The number of nitrogens with zero attached hydrogens (tertiary/aromatic N) is 3. The van der Waals surface area contributed by atoms with Crippen LogP contribution in [0.15, 0.2) is 23.5 Å². The molecule has 0 bridgehead atoms. The van der Waals surface area contributed by atoms with Gasteiger partial charge in [0.15, 0.2) is 5.84 Å². The molecule has 0 radical (unpaired) electrons. The van der Waals surface area contributed by atoms with E-state index in [9.17, 15) is 4.79 Å². The van der Waals surface area contributed by atoms with Gasteiger partial charge in [0.25, 0.3) is 0 Å². The van der Waals surface area contributed by atoms with E-state index in [1.807, 2.05) is 0 Å². The number of rotatable bonds is 5. The Morgan fingerprint density at radius 2 is 2.47 bits per heavy atom. The molecule has 0 saturated heterocycles. The van der Waals surface area contributed by atoms with Crippen molar-refractivity contribution in [3.8, 4) is 0 Å². The van der Waals surface area contributed by atoms with Crippen LogP contribution in [0.25, 0.3) is 0 Å². The normalized spacial score (nSPS) is 13.1. The van der Waals surface area contributed by atoms with Crippen molar-refractivity contribution in [1.29, 1.82) is 0 Å². The Hall–Kier alpha value is -2.18. The zero-order valence-electron chi connectivity index (χ0n) is 9.50. The summed E-state index contributed by atoms with van der Waals surface area (Å²) in [5.41, 5.74) is 6.06. The van der Waals surface area contributed by atoms with Crippen molar-refractivity contribution in [3.05, 3.63) is 24.0 Å². The maximum Gasteiger partial charge on any atom is 0.231 e. The van der Waals surface area contributed by atoms with Gasteiger partial charge in [0, 0.05) is 6.20 Å². The van der Waals surface area contributed by atoms with Crippen molar-refractivity contribution in [1.82, 2.24) is 15.5 Å². The monoisotopic (exact) mass is 237 g/mol. The first-order valence-corrected chi connectivity index (χ1v) is 5.20. The Balaban J connectivity index is 2.54. The molecule has 0 spiro atoms. The van der Waals surface area contributed by atoms with Crippen molar-refractivity contribution in [3.63, 3.8) is 0 Å². The number of amides is 1. The van der Waals surface area contributed by atoms with Crippen molar-refractivity contribution in [2.45, 2.75) is 19.9 Å². The Morgan fingerprint density at radius 3 is 3.00 bits per heavy atom. The second-order valence-corrected chi connectivity index (χ2v) is 3.42. The van der Waals surface area contributed by atoms with Gasteiger partial charge in [-0.1, -0.05) is 12.1 Å². The number of hydrogen-bond donors (Lipinski definition) is 3. The van der Waals surface area contributed by atoms with Crippen LogP contribution >= 0.6 is 0 Å². The summed E-state index contributed by atoms with van der Waals surface area (Å²) >= 11 is 0. The van der Waals surface area contributed by atoms with Gasteiger partial charge >= 0.3 is 0 Å². The molecule has 7 heteroatoms. The average molecular weight is 237 g/mol. The van der Waals surface area contributed by atoms with E-state index in [1.54, 1.807) is 25.3 Å². The molecule has 1 amide bonds. The Kier molecular flexibility index (Phi) is 4.86. The molecule has 0 aliphatic rings. The summed E-state index contributed by atoms with van der Waals surface area (Å²) in [4.78, 5) is 11.7. The van der Waals surface area contributed by atoms with Crippen LogP contribution in [0.4, 0.5) is 0 Å². The van der Waals surface area contributed by atoms with E-state index in [0.29, 0.717) is 12.1 Å². The third-order valence-electron chi connectivity index (χ3n) is 2.27. The van der Waals surface area contributed by atoms with E-state index in [1.165, 1.54) is 0 Å². The van der Waals surface area contributed by atoms with Crippen molar-refractivity contribution in [2.24, 2.45) is 16.8 Å². The second kappa shape index (κ2) is 6.41. The van der Waals surface area contributed by atoms with Gasteiger partial charge < -0.3 is 16.3 Å². The van der Waals surface area contributed by atoms with Crippen molar-refractivity contribution < 1.29 is 10.0 Å². The van der Waals surface area contributed by atoms with Gasteiger partial charge in [-0.3, -0.25) is 4.79 Å². The first kappa shape index (κ1) is 12.9. The third kappa shape index (κ3) is 3.71. The second-order valence-electron chi connectivity index (χ2n) is 3.42. The highest BCUT2D eigenvalue weighted by atomic mass is 16.4. The zero-order valence-corrected chi connectivity index (χ0v) is 9.50. The molecule has 92 valence electrons. The lowest BCUT2D eigenvalue weighted by Crippen LogP contribution is -2.38. The highest BCUT2D eigenvalue weighted by Crippen LogP contribution is 2.03. The summed E-state index contributed by atoms with van der Waals surface area (Å²) in [7, 11) is 0. The summed E-state index contributed by atoms with van der Waals surface area (Å²) in [6.45, 7) is 2.05. The van der Waals surface area contributed by atoms with Gasteiger partial charge in [0.2, 0.25) is 5.91 Å². The molecule has 1 aromatic heterocycles. The smallest absolute Gasteiger partial charge is 0.231 e. The maximum atomic E-state index is 11.7. The van der Waals surface area contributed by atoms with Gasteiger partial charge in [-0.05, 0) is 18.6 Å². The van der Waals surface area contributed by atoms with Crippen molar-refractivity contribution in [2.75, 3.05) is 0 Å². The minimum atomic E-state index is -0.628. The number of aromatic nitrogens is 2. The Morgan fingerprint density at radius 1 is 1.71 bits per heavy atom. The fourth-order valence-electron chi connectivity index (χ4n) is 1.33. The van der Waals surface area contributed by atoms with Crippen LogP contribution in [-0.4, -0.2) is 27.1 Å². The molecule has 4 N–H and O–H groups in total. The fraction of sp³-hybridized carbons (Fsp3) is 0.400. The average Bonchev–Trinajstić information content (AvgIpc) is 2.38. The van der Waals surface area contributed by atoms with E-state index >= 15 is 0 Å². The molecule has 0 aromatic carbocycles. The van der Waals surface area contributed by atoms with Crippen LogP contribution in [0.5, 0.6) is 0 Å². The molecule has 0 saturated carbocycles. The van der Waals surface area contributed by atoms with E-state index in [0.717, 1.165) is 0 Å². The summed E-state index contributed by atoms with van der Waals surface area (Å²) in [5, 5.41) is 21.5. The van der Waals surface area contributed by atoms with Gasteiger partial charge in [-0.25, -0.2) is 0 Å². The number of carbonyl (C=O) groups is 1. The van der Waals surface area contributed by atoms with Crippen LogP contribution in [-0.2, 0) is 11.3 Å². The SMILES string of the molecule is CCC(C(=O)NCc1cccnn1)/C(N)=N/O. The molecule has 0 fully saturated rings. The Labute approximate surface area is 98.7 Å². The maximum absolute atomic E-state index is 11.7. The van der Waals surface area contributed by atoms with Gasteiger partial charge in [0.05, 0.1) is 18.2 Å². The predicted molar refractivity (Wildman–Crippen MR) is 61.1 cm³/mol. The van der Waals surface area contributed by atoms with E-state index in [4.69, 9.17) is 10.9 Å². The third-order valence-corrected chi connectivity index (χ3v) is 2.27. The molecule has 1 aromatic rings. The minimum Gasteiger partial charge on any atom is -0.409 e. The molecule has 1 heterocycles. The van der Waals surface area contributed by atoms with Crippen molar-refractivity contribution >= 4 is 11.7 Å². The van der Waals surface area contributed by atoms with Crippen LogP contribution in [0.2, 0.25) is 0 Å². The standard InChI is InChI=1S/C10H15N5O2/c1-2-8(9(11)15-17)10(16)12-6-7-4-3-5-13-14-7/h3-5,8,17H,2,6H2,1H3,(H2,11,15)(H,12,16). The largest absolute Gasteiger partial charge is 0.409 e. The quantitative estimate of drug-likeness (QED) is 0.285. The number of amidine groups is 1. The van der Waals surface area contributed by atoms with Crippen LogP contribution in [0, 0.1) is 5.92 Å². The van der Waals surface area contributed by atoms with Crippen LogP contribution in [0.3, 0.4) is 0 Å². The van der Waals surface area contributed by atoms with Crippen LogP contribution < -0.4 is 11.1 Å². The number of nitrogens with two attached hydrogens (primary N) is 1. The van der Waals surface area contributed by atoms with Gasteiger partial charge in [0.1, 0.15) is 0 Å². The summed E-state index contributed by atoms with van der Waals surface area (Å²) in [6, 6.07) is 3.48. The topological polar surface area (TPSA) is 113 Å². The first-order valence-electron chi connectivity index (χ1n) is 5.20. The van der Waals surface area contributed by atoms with E-state index in [2.05, 4.69) is 20.7 Å². The summed E-state index contributed by atoms with van der Waals surface area (Å²) in [5.74, 6) is -1.02. The lowest BCUT2D eigenvalue weighted by atomic mass is 10.0. The van der Waals surface area contributed by atoms with Gasteiger partial charge in [-0.2, -0.15) is 10.2 Å². The molecule has 0 aliphatic carbocycles. The van der Waals surface area contributed by atoms with Gasteiger partial charge in [-0.15, -0.1) is 0 Å². The molecule has 17 heavy (non-hydrogen) atoms. The molecular weight excluding hydrogens is 222 g/mol. The minimum absolute atomic E-state index is 0.0934. The number of carbonyl (C=O) groups excluding carboxylic acids is 1. The van der Waals surface area contributed by atoms with E-state index in [-0.39, 0.29) is 18.3 Å². The lowest BCUT2D eigenvalue weighted by molar-refractivity contribution is -0.123. The predicted octanol–water partition coefficient (Wildman–Crippen LogP) is -0.135. The highest BCUT2D eigenvalue weighted by Gasteiger charge is 2.20. The molecule has 7 nitrogen and oxygen atoms in total. The number of oxime groups is 1. The molecule has 1 atom stereocenters. The lowest BCUT2D eigenvalue weighted by Gasteiger charge is -2.12. The fourth-order valence-corrected chi connectivity index (χ4v) is 1.33. The molecule has 0 aliphatic heterocycles. The molecular formula is C10H15N5O2. The molecule has 1 unspecified atom stereocenters. The number of nitrogens with one attached hydrogen (secondary N) is 1.